The Hall–Kier alpha value is -3.95. The van der Waals surface area contributed by atoms with Crippen LogP contribution in [0.4, 0.5) is 13.2 Å². The lowest BCUT2D eigenvalue weighted by molar-refractivity contribution is 0.0997. The van der Waals surface area contributed by atoms with Gasteiger partial charge in [-0.1, -0.05) is 0 Å². The number of hydrogen-bond donors (Lipinski definition) is 1. The average molecular weight is 413 g/mol. The number of aryl methyl sites for hydroxylation is 1. The monoisotopic (exact) mass is 413 g/mol. The summed E-state index contributed by atoms with van der Waals surface area (Å²) in [6, 6.07) is 7.83. The van der Waals surface area contributed by atoms with Crippen molar-refractivity contribution in [3.63, 3.8) is 0 Å². The molecule has 0 aliphatic rings. The number of rotatable bonds is 4. The first-order chi connectivity index (χ1) is 14.3. The van der Waals surface area contributed by atoms with E-state index in [9.17, 15) is 22.8 Å². The zero-order chi connectivity index (χ0) is 21.6. The second-order valence-electron chi connectivity index (χ2n) is 6.40. The summed E-state index contributed by atoms with van der Waals surface area (Å²) in [7, 11) is 0. The number of carbonyl (C=O) groups is 1. The van der Waals surface area contributed by atoms with Crippen molar-refractivity contribution in [1.82, 2.24) is 19.1 Å². The molecule has 4 aromatic rings. The van der Waals surface area contributed by atoms with E-state index in [1.54, 1.807) is 6.92 Å². The average Bonchev–Trinajstić information content (AvgIpc) is 2.99. The van der Waals surface area contributed by atoms with Crippen LogP contribution in [-0.2, 0) is 6.54 Å². The first kappa shape index (κ1) is 19.4. The van der Waals surface area contributed by atoms with Gasteiger partial charge in [0.05, 0.1) is 11.3 Å². The maximum atomic E-state index is 14.3. The molecule has 0 aliphatic carbocycles. The molecule has 2 heterocycles. The lowest BCUT2D eigenvalue weighted by Gasteiger charge is -2.08. The Balaban J connectivity index is 2.14. The molecule has 0 saturated carbocycles. The fourth-order valence-electron chi connectivity index (χ4n) is 3.23. The molecule has 0 aliphatic heterocycles. The van der Waals surface area contributed by atoms with E-state index in [1.165, 1.54) is 16.7 Å². The molecule has 10 heteroatoms. The summed E-state index contributed by atoms with van der Waals surface area (Å²) in [5, 5.41) is 0. The molecule has 2 aromatic carbocycles. The Kier molecular flexibility index (Phi) is 4.61. The zero-order valence-corrected chi connectivity index (χ0v) is 15.6. The van der Waals surface area contributed by atoms with Gasteiger partial charge in [0.15, 0.2) is 17.2 Å². The second kappa shape index (κ2) is 7.14. The maximum absolute atomic E-state index is 14.3. The summed E-state index contributed by atoms with van der Waals surface area (Å²) in [5.74, 6) is -3.46. The number of imidazole rings is 1. The van der Waals surface area contributed by atoms with Crippen LogP contribution in [0.1, 0.15) is 17.4 Å². The zero-order valence-electron chi connectivity index (χ0n) is 15.6. The van der Waals surface area contributed by atoms with Crippen LogP contribution in [0.25, 0.3) is 28.2 Å². The number of primary amides is 1. The van der Waals surface area contributed by atoms with E-state index < -0.39 is 29.0 Å². The lowest BCUT2D eigenvalue weighted by Crippen LogP contribution is -2.23. The van der Waals surface area contributed by atoms with Crippen LogP contribution in [0.15, 0.2) is 47.3 Å². The van der Waals surface area contributed by atoms with E-state index >= 15 is 0 Å². The van der Waals surface area contributed by atoms with Crippen LogP contribution in [0, 0.1) is 17.5 Å². The summed E-state index contributed by atoms with van der Waals surface area (Å²) in [6.45, 7) is 1.84. The molecule has 30 heavy (non-hydrogen) atoms. The highest BCUT2D eigenvalue weighted by Crippen LogP contribution is 2.25. The first-order valence-corrected chi connectivity index (χ1v) is 8.86. The van der Waals surface area contributed by atoms with Gasteiger partial charge in [0.25, 0.3) is 5.91 Å². The number of halogens is 3. The quantitative estimate of drug-likeness (QED) is 0.557. The fourth-order valence-corrected chi connectivity index (χ4v) is 3.23. The maximum Gasteiger partial charge on any atom is 0.335 e. The molecular formula is C20H14F3N5O2. The van der Waals surface area contributed by atoms with E-state index in [2.05, 4.69) is 9.97 Å². The van der Waals surface area contributed by atoms with E-state index in [0.29, 0.717) is 6.07 Å². The number of aromatic nitrogens is 4. The highest BCUT2D eigenvalue weighted by molar-refractivity contribution is 6.02. The molecule has 1 amide bonds. The molecule has 0 bridgehead atoms. The highest BCUT2D eigenvalue weighted by atomic mass is 19.1. The Morgan fingerprint density at radius 1 is 1.03 bits per heavy atom. The molecule has 2 aromatic heterocycles. The van der Waals surface area contributed by atoms with Gasteiger partial charge in [-0.2, -0.15) is 0 Å². The number of fused-ring (bicyclic) bond motifs is 1. The van der Waals surface area contributed by atoms with Gasteiger partial charge >= 0.3 is 5.69 Å². The van der Waals surface area contributed by atoms with Gasteiger partial charge in [-0.05, 0) is 43.3 Å². The Labute approximate surface area is 167 Å². The van der Waals surface area contributed by atoms with E-state index in [1.807, 2.05) is 0 Å². The predicted molar refractivity (Wildman–Crippen MR) is 103 cm³/mol. The second-order valence-corrected chi connectivity index (χ2v) is 6.40. The molecule has 0 spiro atoms. The number of nitrogens with two attached hydrogens (primary N) is 1. The fraction of sp³-hybridized carbons (Fsp3) is 0.100. The van der Waals surface area contributed by atoms with E-state index in [0.717, 1.165) is 28.8 Å². The van der Waals surface area contributed by atoms with Crippen molar-refractivity contribution in [2.75, 3.05) is 0 Å². The molecule has 0 saturated heterocycles. The third-order valence-corrected chi connectivity index (χ3v) is 4.58. The van der Waals surface area contributed by atoms with Crippen molar-refractivity contribution in [1.29, 1.82) is 0 Å². The molecule has 0 fully saturated rings. The Bertz CT molecular complexity index is 1360. The number of carbonyl (C=O) groups excluding carboxylic acids is 1. The summed E-state index contributed by atoms with van der Waals surface area (Å²) >= 11 is 0. The number of nitrogens with zero attached hydrogens (tertiary/aromatic N) is 4. The highest BCUT2D eigenvalue weighted by Gasteiger charge is 2.24. The van der Waals surface area contributed by atoms with Crippen molar-refractivity contribution >= 4 is 17.1 Å². The van der Waals surface area contributed by atoms with Gasteiger partial charge in [-0.3, -0.25) is 9.36 Å². The van der Waals surface area contributed by atoms with E-state index in [-0.39, 0.29) is 40.5 Å². The molecule has 0 radical (unpaired) electrons. The summed E-state index contributed by atoms with van der Waals surface area (Å²) in [5.41, 5.74) is 4.76. The number of benzene rings is 2. The molecule has 0 unspecified atom stereocenters. The molecule has 4 rings (SSSR count). The Morgan fingerprint density at radius 2 is 1.70 bits per heavy atom. The smallest absolute Gasteiger partial charge is 0.335 e. The van der Waals surface area contributed by atoms with Crippen LogP contribution in [0.2, 0.25) is 0 Å². The SMILES string of the molecule is CCn1c(=O)n(-c2ccc(F)cc2)c2nc(-c3ccc(F)cc3F)nc(C(N)=O)c21. The largest absolute Gasteiger partial charge is 0.364 e. The third-order valence-electron chi connectivity index (χ3n) is 4.58. The molecule has 152 valence electrons. The van der Waals surface area contributed by atoms with Crippen LogP contribution in [-0.4, -0.2) is 25.0 Å². The molecular weight excluding hydrogens is 399 g/mol. The number of hydrogen-bond acceptors (Lipinski definition) is 4. The van der Waals surface area contributed by atoms with Crippen molar-refractivity contribution in [2.24, 2.45) is 5.73 Å². The van der Waals surface area contributed by atoms with Gasteiger partial charge < -0.3 is 5.73 Å². The first-order valence-electron chi connectivity index (χ1n) is 8.86. The standard InChI is InChI=1S/C20H14F3N5O2/c1-2-27-16-15(17(24)29)25-18(13-8-5-11(22)9-14(13)23)26-19(16)28(20(27)30)12-6-3-10(21)4-7-12/h3-9H,2H2,1H3,(H2,24,29). The van der Waals surface area contributed by atoms with Crippen molar-refractivity contribution in [3.05, 3.63) is 76.1 Å². The molecule has 0 atom stereocenters. The summed E-state index contributed by atoms with van der Waals surface area (Å²) in [6.07, 6.45) is 0. The van der Waals surface area contributed by atoms with Crippen LogP contribution < -0.4 is 11.4 Å². The lowest BCUT2D eigenvalue weighted by atomic mass is 10.2. The van der Waals surface area contributed by atoms with Crippen LogP contribution in [0.5, 0.6) is 0 Å². The third kappa shape index (κ3) is 3.02. The minimum absolute atomic E-state index is 0.0176. The van der Waals surface area contributed by atoms with Crippen LogP contribution in [0.3, 0.4) is 0 Å². The van der Waals surface area contributed by atoms with Gasteiger partial charge in [0, 0.05) is 12.6 Å². The van der Waals surface area contributed by atoms with Crippen molar-refractivity contribution in [3.8, 4) is 17.1 Å². The van der Waals surface area contributed by atoms with E-state index in [4.69, 9.17) is 5.73 Å². The van der Waals surface area contributed by atoms with Crippen LogP contribution >= 0.6 is 0 Å². The predicted octanol–water partition coefficient (Wildman–Crippen LogP) is 2.79. The Morgan fingerprint density at radius 3 is 2.30 bits per heavy atom. The summed E-state index contributed by atoms with van der Waals surface area (Å²) < 4.78 is 43.4. The number of amides is 1. The van der Waals surface area contributed by atoms with Gasteiger partial charge in [0.1, 0.15) is 23.0 Å². The minimum Gasteiger partial charge on any atom is -0.364 e. The normalized spacial score (nSPS) is 11.2. The van der Waals surface area contributed by atoms with Crippen molar-refractivity contribution in [2.45, 2.75) is 13.5 Å². The topological polar surface area (TPSA) is 95.8 Å². The van der Waals surface area contributed by atoms with Gasteiger partial charge in [-0.25, -0.2) is 32.5 Å². The molecule has 7 nitrogen and oxygen atoms in total. The van der Waals surface area contributed by atoms with Crippen molar-refractivity contribution < 1.29 is 18.0 Å². The molecule has 2 N–H and O–H groups in total. The summed E-state index contributed by atoms with van der Waals surface area (Å²) in [4.78, 5) is 33.5. The van der Waals surface area contributed by atoms with Gasteiger partial charge in [0.2, 0.25) is 0 Å². The minimum atomic E-state index is -0.954. The van der Waals surface area contributed by atoms with Gasteiger partial charge in [-0.15, -0.1) is 0 Å².